The summed E-state index contributed by atoms with van der Waals surface area (Å²) in [6.45, 7) is -0.773. The number of carbonyl (C=O) groups excluding carboxylic acids is 1. The fourth-order valence-corrected chi connectivity index (χ4v) is 1.90. The number of nitrogens with zero attached hydrogens (tertiary/aromatic N) is 2. The van der Waals surface area contributed by atoms with Crippen molar-refractivity contribution >= 4 is 15.9 Å². The second kappa shape index (κ2) is 5.02. The number of nitrogens with two attached hydrogens (primary N) is 1. The second-order valence-electron chi connectivity index (χ2n) is 3.85. The number of hydrogen-bond donors (Lipinski definition) is 1. The lowest BCUT2D eigenvalue weighted by Gasteiger charge is -2.12. The van der Waals surface area contributed by atoms with Crippen LogP contribution in [-0.4, -0.2) is 44.3 Å². The molecule has 2 N–H and O–H groups in total. The number of halogens is 2. The molecule has 1 rings (SSSR count). The molecule has 0 fully saturated rings. The van der Waals surface area contributed by atoms with E-state index in [9.17, 15) is 22.0 Å². The van der Waals surface area contributed by atoms with Crippen LogP contribution in [0.1, 0.15) is 10.5 Å². The summed E-state index contributed by atoms with van der Waals surface area (Å²) in [5, 5.41) is 4.89. The van der Waals surface area contributed by atoms with E-state index < -0.39 is 28.9 Å². The number of aromatic nitrogens is 1. The molecule has 9 heteroatoms. The Morgan fingerprint density at radius 3 is 2.44 bits per heavy atom. The molecule has 0 aliphatic rings. The Labute approximate surface area is 103 Å². The summed E-state index contributed by atoms with van der Waals surface area (Å²) in [5.41, 5.74) is -0.149. The van der Waals surface area contributed by atoms with Crippen molar-refractivity contribution in [3.05, 3.63) is 18.0 Å². The Balaban J connectivity index is 3.30. The normalized spacial score (nSPS) is 11.9. The lowest BCUT2D eigenvalue weighted by Crippen LogP contribution is -2.25. The van der Waals surface area contributed by atoms with Gasteiger partial charge in [-0.15, -0.1) is 0 Å². The van der Waals surface area contributed by atoms with Crippen LogP contribution in [0.5, 0.6) is 0 Å². The fourth-order valence-electron chi connectivity index (χ4n) is 1.35. The predicted octanol–water partition coefficient (Wildman–Crippen LogP) is 0.102. The standard InChI is InChI=1S/C9H13F2N3O3S/c1-13(2)9(15)7-3-6(18(12,16)17)4-14(7)5-8(10)11/h3-4,8H,5H2,1-2H3,(H2,12,16,17). The van der Waals surface area contributed by atoms with Crippen molar-refractivity contribution < 1.29 is 22.0 Å². The third-order valence-electron chi connectivity index (χ3n) is 2.16. The highest BCUT2D eigenvalue weighted by Crippen LogP contribution is 2.16. The molecule has 0 saturated heterocycles. The van der Waals surface area contributed by atoms with Gasteiger partial charge in [0, 0.05) is 20.3 Å². The Kier molecular flexibility index (Phi) is 4.07. The molecule has 0 bridgehead atoms. The summed E-state index contributed by atoms with van der Waals surface area (Å²) in [6, 6.07) is 0.986. The van der Waals surface area contributed by atoms with E-state index in [-0.39, 0.29) is 10.6 Å². The molecule has 1 aromatic heterocycles. The molecule has 1 aromatic rings. The van der Waals surface area contributed by atoms with Gasteiger partial charge in [0.25, 0.3) is 12.3 Å². The van der Waals surface area contributed by atoms with Gasteiger partial charge in [0.15, 0.2) is 0 Å². The molecule has 0 radical (unpaired) electrons. The minimum atomic E-state index is -4.04. The minimum absolute atomic E-state index is 0.149. The van der Waals surface area contributed by atoms with Crippen molar-refractivity contribution in [1.29, 1.82) is 0 Å². The Morgan fingerprint density at radius 2 is 2.06 bits per heavy atom. The molecule has 0 aliphatic heterocycles. The summed E-state index contributed by atoms with van der Waals surface area (Å²) in [7, 11) is -1.18. The van der Waals surface area contributed by atoms with Crippen molar-refractivity contribution in [2.75, 3.05) is 14.1 Å². The first-order chi connectivity index (χ1) is 8.12. The SMILES string of the molecule is CN(C)C(=O)c1cc(S(N)(=O)=O)cn1CC(F)F. The monoisotopic (exact) mass is 281 g/mol. The molecule has 0 atom stereocenters. The van der Waals surface area contributed by atoms with Crippen LogP contribution >= 0.6 is 0 Å². The van der Waals surface area contributed by atoms with Crippen LogP contribution in [0.3, 0.4) is 0 Å². The molecule has 0 aromatic carbocycles. The lowest BCUT2D eigenvalue weighted by molar-refractivity contribution is 0.0806. The van der Waals surface area contributed by atoms with E-state index in [1.165, 1.54) is 14.1 Å². The summed E-state index contributed by atoms with van der Waals surface area (Å²) in [6.07, 6.45) is -1.78. The van der Waals surface area contributed by atoms with E-state index in [0.717, 1.165) is 21.7 Å². The third kappa shape index (κ3) is 3.26. The van der Waals surface area contributed by atoms with Crippen molar-refractivity contribution in [3.63, 3.8) is 0 Å². The van der Waals surface area contributed by atoms with Gasteiger partial charge in [0.2, 0.25) is 10.0 Å². The summed E-state index contributed by atoms with van der Waals surface area (Å²) >= 11 is 0. The summed E-state index contributed by atoms with van der Waals surface area (Å²) < 4.78 is 47.8. The average molecular weight is 281 g/mol. The molecule has 1 heterocycles. The molecule has 0 unspecified atom stereocenters. The van der Waals surface area contributed by atoms with Crippen LogP contribution < -0.4 is 5.14 Å². The summed E-state index contributed by atoms with van der Waals surface area (Å²) in [4.78, 5) is 12.5. The molecule has 18 heavy (non-hydrogen) atoms. The van der Waals surface area contributed by atoms with Crippen LogP contribution in [0.15, 0.2) is 17.2 Å². The molecule has 0 spiro atoms. The van der Waals surface area contributed by atoms with E-state index in [2.05, 4.69) is 0 Å². The zero-order valence-corrected chi connectivity index (χ0v) is 10.6. The topological polar surface area (TPSA) is 85.4 Å². The van der Waals surface area contributed by atoms with Gasteiger partial charge in [0.05, 0.1) is 6.54 Å². The van der Waals surface area contributed by atoms with E-state index in [1.54, 1.807) is 0 Å². The van der Waals surface area contributed by atoms with Crippen LogP contribution in [0, 0.1) is 0 Å². The lowest BCUT2D eigenvalue weighted by atomic mass is 10.4. The second-order valence-corrected chi connectivity index (χ2v) is 5.41. The largest absolute Gasteiger partial charge is 0.343 e. The van der Waals surface area contributed by atoms with Gasteiger partial charge in [-0.3, -0.25) is 4.79 Å². The zero-order valence-electron chi connectivity index (χ0n) is 9.80. The molecular weight excluding hydrogens is 268 g/mol. The van der Waals surface area contributed by atoms with Gasteiger partial charge in [-0.1, -0.05) is 0 Å². The first-order valence-corrected chi connectivity index (χ1v) is 6.40. The van der Waals surface area contributed by atoms with Gasteiger partial charge in [0.1, 0.15) is 10.6 Å². The van der Waals surface area contributed by atoms with Crippen molar-refractivity contribution in [1.82, 2.24) is 9.47 Å². The van der Waals surface area contributed by atoms with Crippen LogP contribution in [0.4, 0.5) is 8.78 Å². The van der Waals surface area contributed by atoms with E-state index in [1.807, 2.05) is 0 Å². The maximum absolute atomic E-state index is 12.3. The number of sulfonamides is 1. The predicted molar refractivity (Wildman–Crippen MR) is 59.8 cm³/mol. The maximum atomic E-state index is 12.3. The number of amides is 1. The minimum Gasteiger partial charge on any atom is -0.343 e. The highest BCUT2D eigenvalue weighted by molar-refractivity contribution is 7.89. The first-order valence-electron chi connectivity index (χ1n) is 4.85. The first kappa shape index (κ1) is 14.6. The summed E-state index contributed by atoms with van der Waals surface area (Å²) in [5.74, 6) is -0.578. The molecule has 0 saturated carbocycles. The molecule has 1 amide bonds. The van der Waals surface area contributed by atoms with Crippen molar-refractivity contribution in [2.24, 2.45) is 5.14 Å². The quantitative estimate of drug-likeness (QED) is 0.849. The van der Waals surface area contributed by atoms with Crippen molar-refractivity contribution in [2.45, 2.75) is 17.9 Å². The molecule has 0 aliphatic carbocycles. The number of primary sulfonamides is 1. The Bertz CT molecular complexity index is 551. The smallest absolute Gasteiger partial charge is 0.270 e. The zero-order chi connectivity index (χ0) is 14.1. The van der Waals surface area contributed by atoms with E-state index in [4.69, 9.17) is 5.14 Å². The molecule has 102 valence electrons. The number of alkyl halides is 2. The number of carbonyl (C=O) groups is 1. The Morgan fingerprint density at radius 1 is 1.50 bits per heavy atom. The maximum Gasteiger partial charge on any atom is 0.270 e. The van der Waals surface area contributed by atoms with Gasteiger partial charge < -0.3 is 9.47 Å². The third-order valence-corrected chi connectivity index (χ3v) is 3.04. The van der Waals surface area contributed by atoms with Crippen LogP contribution in [0.25, 0.3) is 0 Å². The van der Waals surface area contributed by atoms with Gasteiger partial charge >= 0.3 is 0 Å². The van der Waals surface area contributed by atoms with E-state index >= 15 is 0 Å². The van der Waals surface area contributed by atoms with E-state index in [0.29, 0.717) is 0 Å². The number of rotatable bonds is 4. The van der Waals surface area contributed by atoms with Crippen LogP contribution in [-0.2, 0) is 16.6 Å². The fraction of sp³-hybridized carbons (Fsp3) is 0.444. The van der Waals surface area contributed by atoms with Crippen molar-refractivity contribution in [3.8, 4) is 0 Å². The van der Waals surface area contributed by atoms with Gasteiger partial charge in [-0.05, 0) is 6.07 Å². The molecule has 6 nitrogen and oxygen atoms in total. The Hall–Kier alpha value is -1.48. The van der Waals surface area contributed by atoms with Crippen LogP contribution in [0.2, 0.25) is 0 Å². The number of hydrogen-bond acceptors (Lipinski definition) is 3. The highest BCUT2D eigenvalue weighted by Gasteiger charge is 2.21. The van der Waals surface area contributed by atoms with Gasteiger partial charge in [-0.25, -0.2) is 22.3 Å². The average Bonchev–Trinajstić information content (AvgIpc) is 2.58. The molecular formula is C9H13F2N3O3S. The highest BCUT2D eigenvalue weighted by atomic mass is 32.2. The van der Waals surface area contributed by atoms with Gasteiger partial charge in [-0.2, -0.15) is 0 Å².